The van der Waals surface area contributed by atoms with Gasteiger partial charge < -0.3 is 20.2 Å². The van der Waals surface area contributed by atoms with E-state index in [0.29, 0.717) is 0 Å². The highest BCUT2D eigenvalue weighted by atomic mass is 79.9. The number of benzene rings is 12. The normalized spacial score (nSPS) is 11.3. The molecular formula is C64H45BrN4. The Labute approximate surface area is 408 Å². The Bertz CT molecular complexity index is 4200. The van der Waals surface area contributed by atoms with Crippen LogP contribution in [0.25, 0.3) is 98.1 Å². The molecule has 0 fully saturated rings. The number of hydrogen-bond acceptors (Lipinski definition) is 2. The Morgan fingerprint density at radius 1 is 0.304 bits per heavy atom. The van der Waals surface area contributed by atoms with Crippen molar-refractivity contribution in [3.8, 4) is 11.4 Å². The highest BCUT2D eigenvalue weighted by Gasteiger charge is 2.16. The summed E-state index contributed by atoms with van der Waals surface area (Å²) < 4.78 is 5.88. The van der Waals surface area contributed by atoms with Crippen LogP contribution in [0.2, 0.25) is 0 Å². The summed E-state index contributed by atoms with van der Waals surface area (Å²) >= 11 is 3.61. The van der Waals surface area contributed by atoms with E-state index in [9.17, 15) is 0 Å². The zero-order valence-corrected chi connectivity index (χ0v) is 39.2. The van der Waals surface area contributed by atoms with Gasteiger partial charge in [-0.1, -0.05) is 198 Å². The van der Waals surface area contributed by atoms with Crippen LogP contribution in [-0.4, -0.2) is 9.13 Å². The predicted octanol–water partition coefficient (Wildman–Crippen LogP) is 18.0. The number of para-hydroxylation sites is 2. The fraction of sp³-hybridized carbons (Fsp3) is 0. The van der Waals surface area contributed by atoms with Crippen LogP contribution in [0.5, 0.6) is 0 Å². The zero-order valence-electron chi connectivity index (χ0n) is 37.6. The highest BCUT2D eigenvalue weighted by molar-refractivity contribution is 9.10. The van der Waals surface area contributed by atoms with Gasteiger partial charge in [-0.2, -0.15) is 0 Å². The van der Waals surface area contributed by atoms with E-state index in [2.05, 4.69) is 255 Å². The molecular weight excluding hydrogens is 905 g/mol. The van der Waals surface area contributed by atoms with E-state index in [1.807, 2.05) is 30.3 Å². The maximum absolute atomic E-state index is 5.76. The van der Waals surface area contributed by atoms with Crippen molar-refractivity contribution < 1.29 is 0 Å². The van der Waals surface area contributed by atoms with Crippen molar-refractivity contribution in [2.45, 2.75) is 0 Å². The SMILES string of the molecule is Brc1ccc2c(c1)c1ccccc1n2-c1cccc2ccccc12.Nc1cccc2ccccc12.c1ccc2c(Nc3ccc4c(c3)c3ccccc3n4-c3cccc4ccccc34)cccc2c1. The Hall–Kier alpha value is -8.64. The van der Waals surface area contributed by atoms with Crippen molar-refractivity contribution in [2.24, 2.45) is 0 Å². The molecule has 12 aromatic carbocycles. The Morgan fingerprint density at radius 2 is 0.696 bits per heavy atom. The lowest BCUT2D eigenvalue weighted by Crippen LogP contribution is -1.95. The van der Waals surface area contributed by atoms with Gasteiger partial charge in [0.25, 0.3) is 0 Å². The van der Waals surface area contributed by atoms with Crippen LogP contribution in [0.1, 0.15) is 0 Å². The van der Waals surface area contributed by atoms with Gasteiger partial charge in [-0.25, -0.2) is 0 Å². The minimum absolute atomic E-state index is 0.850. The Balaban J connectivity index is 0.000000121. The third-order valence-electron chi connectivity index (χ3n) is 13.2. The van der Waals surface area contributed by atoms with Gasteiger partial charge in [-0.05, 0) is 94.3 Å². The summed E-state index contributed by atoms with van der Waals surface area (Å²) in [5.41, 5.74) is 16.1. The summed E-state index contributed by atoms with van der Waals surface area (Å²) in [4.78, 5) is 0. The van der Waals surface area contributed by atoms with E-state index in [0.717, 1.165) is 26.9 Å². The largest absolute Gasteiger partial charge is 0.398 e. The lowest BCUT2D eigenvalue weighted by Gasteiger charge is -2.12. The van der Waals surface area contributed by atoms with Gasteiger partial charge >= 0.3 is 0 Å². The van der Waals surface area contributed by atoms with E-state index in [-0.39, 0.29) is 0 Å². The van der Waals surface area contributed by atoms with E-state index in [1.54, 1.807) is 0 Å². The van der Waals surface area contributed by atoms with Crippen LogP contribution in [0.15, 0.2) is 259 Å². The number of aromatic nitrogens is 2. The second kappa shape index (κ2) is 17.9. The fourth-order valence-electron chi connectivity index (χ4n) is 10.1. The first-order valence-corrected chi connectivity index (χ1v) is 24.0. The summed E-state index contributed by atoms with van der Waals surface area (Å²) in [7, 11) is 0. The van der Waals surface area contributed by atoms with Crippen molar-refractivity contribution in [3.05, 3.63) is 259 Å². The molecule has 0 aliphatic rings. The molecule has 0 bridgehead atoms. The quantitative estimate of drug-likeness (QED) is 0.173. The number of rotatable bonds is 4. The maximum atomic E-state index is 5.76. The van der Waals surface area contributed by atoms with E-state index in [1.165, 1.54) is 92.7 Å². The van der Waals surface area contributed by atoms with Crippen molar-refractivity contribution >= 4 is 120 Å². The molecule has 0 amide bonds. The summed E-state index contributed by atoms with van der Waals surface area (Å²) in [6.07, 6.45) is 0. The van der Waals surface area contributed by atoms with Gasteiger partial charge in [-0.15, -0.1) is 0 Å². The molecule has 0 aliphatic carbocycles. The first kappa shape index (κ1) is 41.8. The van der Waals surface area contributed by atoms with Crippen LogP contribution in [0.4, 0.5) is 17.1 Å². The van der Waals surface area contributed by atoms with Gasteiger partial charge in [0, 0.05) is 64.6 Å². The molecule has 14 aromatic rings. The molecule has 0 saturated carbocycles. The zero-order chi connectivity index (χ0) is 46.3. The molecule has 3 N–H and O–H groups in total. The monoisotopic (exact) mass is 948 g/mol. The number of hydrogen-bond donors (Lipinski definition) is 2. The molecule has 0 aliphatic heterocycles. The number of fused-ring (bicyclic) bond motifs is 10. The van der Waals surface area contributed by atoms with Gasteiger partial charge in [0.05, 0.1) is 33.4 Å². The average Bonchev–Trinajstić information content (AvgIpc) is 3.91. The molecule has 69 heavy (non-hydrogen) atoms. The van der Waals surface area contributed by atoms with Crippen molar-refractivity contribution in [1.82, 2.24) is 9.13 Å². The third kappa shape index (κ3) is 7.69. The van der Waals surface area contributed by atoms with Gasteiger partial charge in [0.1, 0.15) is 0 Å². The number of nitrogens with zero attached hydrogens (tertiary/aromatic N) is 2. The number of halogens is 1. The third-order valence-corrected chi connectivity index (χ3v) is 13.7. The summed E-state index contributed by atoms with van der Waals surface area (Å²) in [6, 6.07) is 89.7. The second-order valence-electron chi connectivity index (χ2n) is 17.3. The van der Waals surface area contributed by atoms with Crippen LogP contribution < -0.4 is 11.1 Å². The van der Waals surface area contributed by atoms with Gasteiger partial charge in [-0.3, -0.25) is 0 Å². The first-order chi connectivity index (χ1) is 34.1. The molecule has 328 valence electrons. The molecule has 2 heterocycles. The topological polar surface area (TPSA) is 47.9 Å². The maximum Gasteiger partial charge on any atom is 0.0542 e. The summed E-state index contributed by atoms with van der Waals surface area (Å²) in [6.45, 7) is 0. The van der Waals surface area contributed by atoms with Crippen molar-refractivity contribution in [3.63, 3.8) is 0 Å². The van der Waals surface area contributed by atoms with Crippen molar-refractivity contribution in [1.29, 1.82) is 0 Å². The number of nitrogens with two attached hydrogens (primary N) is 1. The molecule has 5 heteroatoms. The van der Waals surface area contributed by atoms with Gasteiger partial charge in [0.2, 0.25) is 0 Å². The molecule has 0 saturated heterocycles. The average molecular weight is 950 g/mol. The van der Waals surface area contributed by atoms with Crippen LogP contribution in [0.3, 0.4) is 0 Å². The van der Waals surface area contributed by atoms with Crippen LogP contribution >= 0.6 is 15.9 Å². The molecule has 0 atom stereocenters. The standard InChI is InChI=1S/C32H22N2.C22H14BrN.C10H9N/c1-3-13-25-22(9-1)11-7-16-29(25)33-24-19-20-32-28(21-24)27-15-5-6-17-31(27)34(32)30-18-8-12-23-10-2-4-14-26(23)30;23-16-12-13-22-19(14-16)18-9-3-4-10-21(18)24(22)20-11-5-7-15-6-1-2-8-17(15)20;11-10-7-3-5-8-4-1-2-6-9(8)10/h1-21,33H;1-14H;1-7H,11H2. The molecule has 0 radical (unpaired) electrons. The van der Waals surface area contributed by atoms with E-state index < -0.39 is 0 Å². The number of nitrogen functional groups attached to an aromatic ring is 1. The predicted molar refractivity (Wildman–Crippen MR) is 300 cm³/mol. The Morgan fingerprint density at radius 3 is 1.26 bits per heavy atom. The van der Waals surface area contributed by atoms with Crippen LogP contribution in [0, 0.1) is 0 Å². The van der Waals surface area contributed by atoms with E-state index >= 15 is 0 Å². The number of anilines is 3. The lowest BCUT2D eigenvalue weighted by molar-refractivity contribution is 1.20. The fourth-order valence-corrected chi connectivity index (χ4v) is 10.4. The first-order valence-electron chi connectivity index (χ1n) is 23.2. The smallest absolute Gasteiger partial charge is 0.0542 e. The van der Waals surface area contributed by atoms with Gasteiger partial charge in [0.15, 0.2) is 0 Å². The molecule has 0 spiro atoms. The molecule has 14 rings (SSSR count). The van der Waals surface area contributed by atoms with Crippen molar-refractivity contribution in [2.75, 3.05) is 11.1 Å². The summed E-state index contributed by atoms with van der Waals surface area (Å²) in [5.74, 6) is 0. The minimum Gasteiger partial charge on any atom is -0.398 e. The minimum atomic E-state index is 0.850. The number of nitrogens with one attached hydrogen (secondary N) is 1. The van der Waals surface area contributed by atoms with Crippen LogP contribution in [-0.2, 0) is 0 Å². The molecule has 0 unspecified atom stereocenters. The summed E-state index contributed by atoms with van der Waals surface area (Å²) in [5, 5.41) is 18.6. The Kier molecular flexibility index (Phi) is 10.8. The molecule has 2 aromatic heterocycles. The van der Waals surface area contributed by atoms with E-state index in [4.69, 9.17) is 5.73 Å². The highest BCUT2D eigenvalue weighted by Crippen LogP contribution is 2.38. The molecule has 4 nitrogen and oxygen atoms in total. The second-order valence-corrected chi connectivity index (χ2v) is 18.2. The lowest BCUT2D eigenvalue weighted by atomic mass is 10.1.